The van der Waals surface area contributed by atoms with Crippen molar-refractivity contribution in [2.24, 2.45) is 0 Å². The number of carbonyl (C=O) groups excluding carboxylic acids is 1. The van der Waals surface area contributed by atoms with Crippen molar-refractivity contribution in [3.63, 3.8) is 0 Å². The first kappa shape index (κ1) is 17.0. The van der Waals surface area contributed by atoms with Gasteiger partial charge in [0.25, 0.3) is 5.91 Å². The number of nitrogens with zero attached hydrogens (tertiary/aromatic N) is 4. The van der Waals surface area contributed by atoms with Gasteiger partial charge in [0.1, 0.15) is 5.82 Å². The molecule has 0 saturated heterocycles. The molecule has 0 bridgehead atoms. The molecule has 9 heteroatoms. The monoisotopic (exact) mass is 359 g/mol. The van der Waals surface area contributed by atoms with Gasteiger partial charge in [0, 0.05) is 6.54 Å². The van der Waals surface area contributed by atoms with Crippen LogP contribution < -0.4 is 16.8 Å². The summed E-state index contributed by atoms with van der Waals surface area (Å²) >= 11 is 5.82. The highest BCUT2D eigenvalue weighted by molar-refractivity contribution is 6.31. The molecule has 0 aliphatic carbocycles. The van der Waals surface area contributed by atoms with E-state index in [-0.39, 0.29) is 29.0 Å². The molecule has 8 nitrogen and oxygen atoms in total. The van der Waals surface area contributed by atoms with Crippen LogP contribution in [0.4, 0.5) is 11.6 Å². The Kier molecular flexibility index (Phi) is 4.71. The standard InChI is InChI=1S/C16H18ClN7O/c1-2-7-24-10-6-4-3-5-9(10)21-11(24)8-20-16(25)12-14(18)23-15(19)13(17)22-12/h3-6H,2,7-8H2,1H3,(H,20,25)(H4,18,19,23). The Bertz CT molecular complexity index is 938. The Hall–Kier alpha value is -2.87. The third-order valence-corrected chi connectivity index (χ3v) is 3.99. The molecule has 5 N–H and O–H groups in total. The van der Waals surface area contributed by atoms with Crippen LogP contribution in [0.5, 0.6) is 0 Å². The van der Waals surface area contributed by atoms with E-state index in [2.05, 4.69) is 31.8 Å². The van der Waals surface area contributed by atoms with E-state index in [1.54, 1.807) is 0 Å². The van der Waals surface area contributed by atoms with E-state index < -0.39 is 5.91 Å². The number of aryl methyl sites for hydroxylation is 1. The lowest BCUT2D eigenvalue weighted by Crippen LogP contribution is -2.27. The maximum absolute atomic E-state index is 12.4. The van der Waals surface area contributed by atoms with Gasteiger partial charge in [-0.05, 0) is 18.6 Å². The number of aromatic nitrogens is 4. The highest BCUT2D eigenvalue weighted by Gasteiger charge is 2.17. The SMILES string of the molecule is CCCn1c(CNC(=O)c2nc(Cl)c(N)nc2N)nc2ccccc21. The van der Waals surface area contributed by atoms with E-state index in [1.165, 1.54) is 0 Å². The molecule has 25 heavy (non-hydrogen) atoms. The predicted octanol–water partition coefficient (Wildman–Crippen LogP) is 1.98. The quantitative estimate of drug-likeness (QED) is 0.639. The molecular formula is C16H18ClN7O. The van der Waals surface area contributed by atoms with Gasteiger partial charge in [0.2, 0.25) is 0 Å². The van der Waals surface area contributed by atoms with Gasteiger partial charge in [0.15, 0.2) is 22.5 Å². The summed E-state index contributed by atoms with van der Waals surface area (Å²) in [5, 5.41) is 2.70. The molecular weight excluding hydrogens is 342 g/mol. The Labute approximate surface area is 149 Å². The number of imidazole rings is 1. The number of halogens is 1. The highest BCUT2D eigenvalue weighted by atomic mass is 35.5. The minimum absolute atomic E-state index is 0.0135. The van der Waals surface area contributed by atoms with Crippen LogP contribution in [0.25, 0.3) is 11.0 Å². The van der Waals surface area contributed by atoms with Crippen LogP contribution in [-0.4, -0.2) is 25.4 Å². The Morgan fingerprint density at radius 2 is 1.96 bits per heavy atom. The van der Waals surface area contributed by atoms with E-state index in [4.69, 9.17) is 23.1 Å². The molecule has 1 aromatic carbocycles. The predicted molar refractivity (Wildman–Crippen MR) is 97.1 cm³/mol. The molecule has 0 spiro atoms. The van der Waals surface area contributed by atoms with Crippen molar-refractivity contribution < 1.29 is 4.79 Å². The third-order valence-electron chi connectivity index (χ3n) is 3.71. The number of hydrogen-bond donors (Lipinski definition) is 3. The Morgan fingerprint density at radius 1 is 1.20 bits per heavy atom. The largest absolute Gasteiger partial charge is 0.382 e. The number of amides is 1. The molecule has 0 radical (unpaired) electrons. The number of hydrogen-bond acceptors (Lipinski definition) is 6. The molecule has 3 aromatic rings. The minimum Gasteiger partial charge on any atom is -0.382 e. The fourth-order valence-corrected chi connectivity index (χ4v) is 2.71. The Morgan fingerprint density at radius 3 is 2.72 bits per heavy atom. The van der Waals surface area contributed by atoms with Gasteiger partial charge in [-0.2, -0.15) is 0 Å². The number of nitrogen functional groups attached to an aromatic ring is 2. The average molecular weight is 360 g/mol. The number of benzene rings is 1. The maximum atomic E-state index is 12.4. The lowest BCUT2D eigenvalue weighted by Gasteiger charge is -2.10. The zero-order valence-corrected chi connectivity index (χ0v) is 14.4. The second-order valence-electron chi connectivity index (χ2n) is 5.48. The second kappa shape index (κ2) is 6.94. The smallest absolute Gasteiger partial charge is 0.274 e. The normalized spacial score (nSPS) is 11.0. The fourth-order valence-electron chi connectivity index (χ4n) is 2.59. The van der Waals surface area contributed by atoms with Gasteiger partial charge in [0.05, 0.1) is 17.6 Å². The molecule has 0 aliphatic rings. The Balaban J connectivity index is 1.84. The van der Waals surface area contributed by atoms with Crippen molar-refractivity contribution in [2.45, 2.75) is 26.4 Å². The summed E-state index contributed by atoms with van der Waals surface area (Å²) in [6, 6.07) is 7.84. The van der Waals surface area contributed by atoms with Gasteiger partial charge in [-0.15, -0.1) is 0 Å². The summed E-state index contributed by atoms with van der Waals surface area (Å²) in [5.74, 6) is 0.188. The van der Waals surface area contributed by atoms with Crippen LogP contribution in [0.15, 0.2) is 24.3 Å². The summed E-state index contributed by atoms with van der Waals surface area (Å²) < 4.78 is 2.08. The molecule has 3 rings (SSSR count). The number of nitrogens with two attached hydrogens (primary N) is 2. The lowest BCUT2D eigenvalue weighted by molar-refractivity contribution is 0.0945. The first-order valence-corrected chi connectivity index (χ1v) is 8.20. The van der Waals surface area contributed by atoms with Crippen molar-refractivity contribution in [1.29, 1.82) is 0 Å². The lowest BCUT2D eigenvalue weighted by atomic mass is 10.3. The van der Waals surface area contributed by atoms with Crippen molar-refractivity contribution in [2.75, 3.05) is 11.5 Å². The summed E-state index contributed by atoms with van der Waals surface area (Å²) in [7, 11) is 0. The summed E-state index contributed by atoms with van der Waals surface area (Å²) in [5.41, 5.74) is 13.1. The first-order valence-electron chi connectivity index (χ1n) is 7.82. The molecule has 2 heterocycles. The molecule has 0 saturated carbocycles. The topological polar surface area (TPSA) is 125 Å². The summed E-state index contributed by atoms with van der Waals surface area (Å²) in [4.78, 5) is 24.7. The van der Waals surface area contributed by atoms with Crippen molar-refractivity contribution >= 4 is 40.2 Å². The van der Waals surface area contributed by atoms with Gasteiger partial charge in [-0.25, -0.2) is 15.0 Å². The highest BCUT2D eigenvalue weighted by Crippen LogP contribution is 2.18. The average Bonchev–Trinajstić information content (AvgIpc) is 2.94. The van der Waals surface area contributed by atoms with Crippen LogP contribution in [0.3, 0.4) is 0 Å². The van der Waals surface area contributed by atoms with Gasteiger partial charge < -0.3 is 21.4 Å². The van der Waals surface area contributed by atoms with Gasteiger partial charge >= 0.3 is 0 Å². The molecule has 0 unspecified atom stereocenters. The number of fused-ring (bicyclic) bond motifs is 1. The number of carbonyl (C=O) groups is 1. The number of anilines is 2. The maximum Gasteiger partial charge on any atom is 0.274 e. The molecule has 0 aliphatic heterocycles. The van der Waals surface area contributed by atoms with Gasteiger partial charge in [-0.3, -0.25) is 4.79 Å². The molecule has 130 valence electrons. The third kappa shape index (κ3) is 3.34. The molecule has 0 atom stereocenters. The zero-order chi connectivity index (χ0) is 18.0. The first-order chi connectivity index (χ1) is 12.0. The number of nitrogens with one attached hydrogen (secondary N) is 1. The van der Waals surface area contributed by atoms with Crippen molar-refractivity contribution in [1.82, 2.24) is 24.8 Å². The van der Waals surface area contributed by atoms with Gasteiger partial charge in [-0.1, -0.05) is 30.7 Å². The molecule has 1 amide bonds. The van der Waals surface area contributed by atoms with Crippen molar-refractivity contribution in [3.8, 4) is 0 Å². The minimum atomic E-state index is -0.484. The number of rotatable bonds is 5. The van der Waals surface area contributed by atoms with Crippen LogP contribution >= 0.6 is 11.6 Å². The van der Waals surface area contributed by atoms with Crippen LogP contribution in [-0.2, 0) is 13.1 Å². The second-order valence-corrected chi connectivity index (χ2v) is 5.84. The molecule has 2 aromatic heterocycles. The van der Waals surface area contributed by atoms with E-state index in [1.807, 2.05) is 24.3 Å². The van der Waals surface area contributed by atoms with E-state index in [9.17, 15) is 4.79 Å². The van der Waals surface area contributed by atoms with Crippen LogP contribution in [0, 0.1) is 0 Å². The fraction of sp³-hybridized carbons (Fsp3) is 0.250. The number of para-hydroxylation sites is 2. The molecule has 0 fully saturated rings. The van der Waals surface area contributed by atoms with E-state index >= 15 is 0 Å². The summed E-state index contributed by atoms with van der Waals surface area (Å²) in [6.07, 6.45) is 0.952. The van der Waals surface area contributed by atoms with Crippen LogP contribution in [0.1, 0.15) is 29.7 Å². The van der Waals surface area contributed by atoms with E-state index in [0.29, 0.717) is 0 Å². The van der Waals surface area contributed by atoms with E-state index in [0.717, 1.165) is 29.8 Å². The zero-order valence-electron chi connectivity index (χ0n) is 13.7. The van der Waals surface area contributed by atoms with Crippen molar-refractivity contribution in [3.05, 3.63) is 40.9 Å². The van der Waals surface area contributed by atoms with Crippen LogP contribution in [0.2, 0.25) is 5.15 Å². The summed E-state index contributed by atoms with van der Waals surface area (Å²) in [6.45, 7) is 3.13.